The van der Waals surface area contributed by atoms with Gasteiger partial charge in [0.15, 0.2) is 0 Å². The highest BCUT2D eigenvalue weighted by Gasteiger charge is 2.18. The number of hydrogen-bond acceptors (Lipinski definition) is 4. The fourth-order valence-corrected chi connectivity index (χ4v) is 2.57. The van der Waals surface area contributed by atoms with Gasteiger partial charge in [0.25, 0.3) is 5.91 Å². The second kappa shape index (κ2) is 9.27. The van der Waals surface area contributed by atoms with Crippen LogP contribution in [0, 0.1) is 6.92 Å². The Balaban J connectivity index is 1.87. The average molecular weight is 334 g/mol. The van der Waals surface area contributed by atoms with Gasteiger partial charge in [-0.15, -0.1) is 0 Å². The van der Waals surface area contributed by atoms with Crippen molar-refractivity contribution >= 4 is 11.8 Å². The zero-order valence-corrected chi connectivity index (χ0v) is 14.4. The maximum absolute atomic E-state index is 12.5. The van der Waals surface area contributed by atoms with E-state index in [9.17, 15) is 9.59 Å². The van der Waals surface area contributed by atoms with Crippen molar-refractivity contribution in [2.45, 2.75) is 39.2 Å². The first kappa shape index (κ1) is 18.3. The molecule has 0 radical (unpaired) electrons. The van der Waals surface area contributed by atoms with Crippen molar-refractivity contribution < 1.29 is 19.1 Å². The van der Waals surface area contributed by atoms with Gasteiger partial charge in [-0.1, -0.05) is 6.07 Å². The van der Waals surface area contributed by atoms with Crippen LogP contribution in [0.4, 0.5) is 0 Å². The Kier molecular flexibility index (Phi) is 7.06. The zero-order valence-electron chi connectivity index (χ0n) is 14.4. The molecular weight excluding hydrogens is 308 g/mol. The van der Waals surface area contributed by atoms with Gasteiger partial charge in [0.1, 0.15) is 5.75 Å². The maximum Gasteiger partial charge on any atom is 0.251 e. The van der Waals surface area contributed by atoms with Gasteiger partial charge in [-0.3, -0.25) is 9.59 Å². The minimum Gasteiger partial charge on any atom is -0.494 e. The van der Waals surface area contributed by atoms with Crippen molar-refractivity contribution in [3.05, 3.63) is 29.3 Å². The van der Waals surface area contributed by atoms with E-state index in [4.69, 9.17) is 9.47 Å². The topological polar surface area (TPSA) is 76.7 Å². The predicted octanol–water partition coefficient (Wildman–Crippen LogP) is 1.81. The van der Waals surface area contributed by atoms with E-state index in [-0.39, 0.29) is 17.9 Å². The third-order valence-electron chi connectivity index (χ3n) is 3.97. The molecule has 1 aliphatic heterocycles. The molecule has 0 saturated carbocycles. The van der Waals surface area contributed by atoms with Crippen LogP contribution >= 0.6 is 0 Å². The molecule has 24 heavy (non-hydrogen) atoms. The molecule has 1 fully saturated rings. The minimum absolute atomic E-state index is 0.0441. The van der Waals surface area contributed by atoms with Crippen LogP contribution < -0.4 is 15.4 Å². The number of ether oxygens (including phenoxy) is 2. The SMILES string of the molecule is CC(=O)NCCCOc1ccc(C)c(C(=O)NC2CCOCC2)c1. The Morgan fingerprint density at radius 1 is 1.29 bits per heavy atom. The van der Waals surface area contributed by atoms with Gasteiger partial charge in [-0.05, 0) is 43.9 Å². The monoisotopic (exact) mass is 334 g/mol. The fraction of sp³-hybridized carbons (Fsp3) is 0.556. The second-order valence-electron chi connectivity index (χ2n) is 6.02. The van der Waals surface area contributed by atoms with E-state index in [1.807, 2.05) is 19.1 Å². The minimum atomic E-state index is -0.0666. The summed E-state index contributed by atoms with van der Waals surface area (Å²) >= 11 is 0. The Hall–Kier alpha value is -2.08. The lowest BCUT2D eigenvalue weighted by Gasteiger charge is -2.23. The van der Waals surface area contributed by atoms with Gasteiger partial charge in [-0.25, -0.2) is 0 Å². The molecule has 1 aromatic rings. The standard InChI is InChI=1S/C18H26N2O4/c1-13-4-5-16(24-9-3-8-19-14(2)21)12-17(13)18(22)20-15-6-10-23-11-7-15/h4-5,12,15H,3,6-11H2,1-2H3,(H,19,21)(H,20,22). The highest BCUT2D eigenvalue weighted by molar-refractivity contribution is 5.96. The van der Waals surface area contributed by atoms with Crippen LogP contribution in [0.1, 0.15) is 42.1 Å². The molecule has 1 aromatic carbocycles. The smallest absolute Gasteiger partial charge is 0.251 e. The Bertz CT molecular complexity index is 568. The molecule has 0 unspecified atom stereocenters. The first-order valence-corrected chi connectivity index (χ1v) is 8.43. The van der Waals surface area contributed by atoms with E-state index in [2.05, 4.69) is 10.6 Å². The van der Waals surface area contributed by atoms with Crippen LogP contribution in [0.5, 0.6) is 5.75 Å². The average Bonchev–Trinajstić information content (AvgIpc) is 2.56. The first-order valence-electron chi connectivity index (χ1n) is 8.43. The predicted molar refractivity (Wildman–Crippen MR) is 91.3 cm³/mol. The molecule has 0 aliphatic carbocycles. The summed E-state index contributed by atoms with van der Waals surface area (Å²) in [6.07, 6.45) is 2.42. The van der Waals surface area contributed by atoms with Gasteiger partial charge in [0, 0.05) is 38.3 Å². The first-order chi connectivity index (χ1) is 11.6. The van der Waals surface area contributed by atoms with Crippen LogP contribution in [0.3, 0.4) is 0 Å². The van der Waals surface area contributed by atoms with Crippen molar-refractivity contribution in [2.24, 2.45) is 0 Å². The number of carbonyl (C=O) groups is 2. The van der Waals surface area contributed by atoms with E-state index < -0.39 is 0 Å². The highest BCUT2D eigenvalue weighted by atomic mass is 16.5. The largest absolute Gasteiger partial charge is 0.494 e. The van der Waals surface area contributed by atoms with Crippen molar-refractivity contribution in [1.29, 1.82) is 0 Å². The van der Waals surface area contributed by atoms with Crippen LogP contribution in [0.15, 0.2) is 18.2 Å². The van der Waals surface area contributed by atoms with Crippen LogP contribution in [0.2, 0.25) is 0 Å². The Labute approximate surface area is 142 Å². The van der Waals surface area contributed by atoms with Gasteiger partial charge in [0.2, 0.25) is 5.91 Å². The lowest BCUT2D eigenvalue weighted by molar-refractivity contribution is -0.118. The number of benzene rings is 1. The molecule has 2 rings (SSSR count). The van der Waals surface area contributed by atoms with Gasteiger partial charge >= 0.3 is 0 Å². The number of amides is 2. The summed E-state index contributed by atoms with van der Waals surface area (Å²) < 4.78 is 11.0. The lowest BCUT2D eigenvalue weighted by atomic mass is 10.1. The Morgan fingerprint density at radius 3 is 2.75 bits per heavy atom. The third-order valence-corrected chi connectivity index (χ3v) is 3.97. The number of hydrogen-bond donors (Lipinski definition) is 2. The van der Waals surface area contributed by atoms with Crippen molar-refractivity contribution in [3.63, 3.8) is 0 Å². The molecule has 132 valence electrons. The van der Waals surface area contributed by atoms with Gasteiger partial charge in [-0.2, -0.15) is 0 Å². The van der Waals surface area contributed by atoms with E-state index in [0.717, 1.165) is 24.8 Å². The molecule has 1 aliphatic rings. The van der Waals surface area contributed by atoms with Crippen molar-refractivity contribution in [2.75, 3.05) is 26.4 Å². The summed E-state index contributed by atoms with van der Waals surface area (Å²) in [6.45, 7) is 5.87. The van der Waals surface area contributed by atoms with Crippen LogP contribution in [-0.4, -0.2) is 44.2 Å². The normalized spacial score (nSPS) is 14.9. The molecule has 6 nitrogen and oxygen atoms in total. The molecule has 0 atom stereocenters. The molecule has 2 N–H and O–H groups in total. The van der Waals surface area contributed by atoms with Crippen LogP contribution in [-0.2, 0) is 9.53 Å². The highest BCUT2D eigenvalue weighted by Crippen LogP contribution is 2.18. The summed E-state index contributed by atoms with van der Waals surface area (Å²) in [4.78, 5) is 23.3. The molecular formula is C18H26N2O4. The van der Waals surface area contributed by atoms with Crippen molar-refractivity contribution in [3.8, 4) is 5.75 Å². The van der Waals surface area contributed by atoms with Gasteiger partial charge in [0.05, 0.1) is 6.61 Å². The molecule has 0 bridgehead atoms. The third kappa shape index (κ3) is 5.85. The van der Waals surface area contributed by atoms with E-state index in [0.29, 0.717) is 37.7 Å². The van der Waals surface area contributed by atoms with Crippen LogP contribution in [0.25, 0.3) is 0 Å². The lowest BCUT2D eigenvalue weighted by Crippen LogP contribution is -2.39. The summed E-state index contributed by atoms with van der Waals surface area (Å²) in [5.74, 6) is 0.557. The van der Waals surface area contributed by atoms with E-state index in [1.54, 1.807) is 6.07 Å². The number of carbonyl (C=O) groups excluding carboxylic acids is 2. The number of nitrogens with one attached hydrogen (secondary N) is 2. The number of rotatable bonds is 7. The van der Waals surface area contributed by atoms with Crippen molar-refractivity contribution in [1.82, 2.24) is 10.6 Å². The summed E-state index contributed by atoms with van der Waals surface area (Å²) in [7, 11) is 0. The summed E-state index contributed by atoms with van der Waals surface area (Å²) in [5.41, 5.74) is 1.56. The molecule has 0 aromatic heterocycles. The molecule has 1 heterocycles. The second-order valence-corrected chi connectivity index (χ2v) is 6.02. The molecule has 6 heteroatoms. The summed E-state index contributed by atoms with van der Waals surface area (Å²) in [6, 6.07) is 5.71. The maximum atomic E-state index is 12.5. The number of aryl methyl sites for hydroxylation is 1. The molecule has 2 amide bonds. The quantitative estimate of drug-likeness (QED) is 0.746. The molecule has 1 saturated heterocycles. The van der Waals surface area contributed by atoms with Gasteiger partial charge < -0.3 is 20.1 Å². The fourth-order valence-electron chi connectivity index (χ4n) is 2.57. The van der Waals surface area contributed by atoms with E-state index >= 15 is 0 Å². The zero-order chi connectivity index (χ0) is 17.4. The molecule has 0 spiro atoms. The summed E-state index contributed by atoms with van der Waals surface area (Å²) in [5, 5.41) is 5.79. The van der Waals surface area contributed by atoms with E-state index in [1.165, 1.54) is 6.92 Å². The Morgan fingerprint density at radius 2 is 2.04 bits per heavy atom.